The number of anilines is 1. The summed E-state index contributed by atoms with van der Waals surface area (Å²) in [6, 6.07) is 15.9. The Hall–Kier alpha value is -1.52. The Labute approximate surface area is 142 Å². The first-order valence-electron chi connectivity index (χ1n) is 8.20. The van der Waals surface area contributed by atoms with Crippen LogP contribution in [0, 0.1) is 5.82 Å². The predicted octanol–water partition coefficient (Wildman–Crippen LogP) is 4.26. The molecule has 0 aromatic heterocycles. The molecule has 0 bridgehead atoms. The van der Waals surface area contributed by atoms with E-state index in [0.717, 1.165) is 44.2 Å². The second kappa shape index (κ2) is 7.84. The summed E-state index contributed by atoms with van der Waals surface area (Å²) in [6.45, 7) is 6.85. The molecule has 0 amide bonds. The minimum atomic E-state index is -0.120. The maximum atomic E-state index is 13.9. The van der Waals surface area contributed by atoms with Crippen LogP contribution < -0.4 is 4.90 Å². The molecular formula is C19H23FN2S. The maximum absolute atomic E-state index is 13.9. The molecule has 0 unspecified atom stereocenters. The van der Waals surface area contributed by atoms with E-state index in [1.54, 1.807) is 6.07 Å². The van der Waals surface area contributed by atoms with Crippen molar-refractivity contribution in [2.75, 3.05) is 36.8 Å². The molecule has 0 aliphatic carbocycles. The van der Waals surface area contributed by atoms with Crippen molar-refractivity contribution in [1.29, 1.82) is 0 Å². The van der Waals surface area contributed by atoms with Crippen LogP contribution in [0.25, 0.3) is 0 Å². The number of benzene rings is 2. The Balaban J connectivity index is 1.54. The van der Waals surface area contributed by atoms with Gasteiger partial charge >= 0.3 is 0 Å². The second-order valence-electron chi connectivity index (χ2n) is 5.79. The van der Waals surface area contributed by atoms with Crippen LogP contribution in [0.3, 0.4) is 0 Å². The molecule has 122 valence electrons. The highest BCUT2D eigenvalue weighted by Gasteiger charge is 2.19. The van der Waals surface area contributed by atoms with E-state index in [4.69, 9.17) is 0 Å². The van der Waals surface area contributed by atoms with E-state index >= 15 is 0 Å². The lowest BCUT2D eigenvalue weighted by Crippen LogP contribution is -2.46. The number of thioether (sulfide) groups is 1. The summed E-state index contributed by atoms with van der Waals surface area (Å²) in [5, 5.41) is 0. The smallest absolute Gasteiger partial charge is 0.146 e. The van der Waals surface area contributed by atoms with E-state index in [0.29, 0.717) is 0 Å². The van der Waals surface area contributed by atoms with Gasteiger partial charge in [-0.2, -0.15) is 0 Å². The van der Waals surface area contributed by atoms with Gasteiger partial charge in [-0.25, -0.2) is 4.39 Å². The van der Waals surface area contributed by atoms with Gasteiger partial charge in [0.1, 0.15) is 5.82 Å². The minimum Gasteiger partial charge on any atom is -0.367 e. The molecule has 2 aromatic carbocycles. The lowest BCUT2D eigenvalue weighted by molar-refractivity contribution is 0.249. The zero-order valence-corrected chi connectivity index (χ0v) is 14.4. The van der Waals surface area contributed by atoms with Crippen LogP contribution in [-0.2, 0) is 6.54 Å². The molecule has 4 heteroatoms. The Kier molecular flexibility index (Phi) is 5.57. The van der Waals surface area contributed by atoms with Gasteiger partial charge in [-0.1, -0.05) is 31.2 Å². The summed E-state index contributed by atoms with van der Waals surface area (Å²) in [5.74, 6) is 0.988. The molecule has 3 rings (SSSR count). The molecule has 0 spiro atoms. The average Bonchev–Trinajstić information content (AvgIpc) is 2.58. The number of halogens is 1. The van der Waals surface area contributed by atoms with E-state index < -0.39 is 0 Å². The quantitative estimate of drug-likeness (QED) is 0.756. The predicted molar refractivity (Wildman–Crippen MR) is 96.7 cm³/mol. The third-order valence-corrected chi connectivity index (χ3v) is 5.10. The fourth-order valence-corrected chi connectivity index (χ4v) is 3.63. The van der Waals surface area contributed by atoms with Crippen molar-refractivity contribution in [1.82, 2.24) is 4.90 Å². The molecule has 1 aliphatic heterocycles. The third kappa shape index (κ3) is 4.27. The summed E-state index contributed by atoms with van der Waals surface area (Å²) in [7, 11) is 0. The molecular weight excluding hydrogens is 307 g/mol. The molecule has 0 N–H and O–H groups in total. The van der Waals surface area contributed by atoms with Crippen molar-refractivity contribution >= 4 is 17.4 Å². The SMILES string of the molecule is CCSc1ccc(CN2CCN(c3ccccc3F)CC2)cc1. The normalized spacial score (nSPS) is 15.8. The Morgan fingerprint density at radius 3 is 2.30 bits per heavy atom. The molecule has 0 atom stereocenters. The summed E-state index contributed by atoms with van der Waals surface area (Å²) in [6.07, 6.45) is 0. The van der Waals surface area contributed by atoms with Gasteiger partial charge in [0.25, 0.3) is 0 Å². The van der Waals surface area contributed by atoms with Crippen LogP contribution >= 0.6 is 11.8 Å². The van der Waals surface area contributed by atoms with E-state index in [9.17, 15) is 4.39 Å². The Morgan fingerprint density at radius 2 is 1.65 bits per heavy atom. The van der Waals surface area contributed by atoms with Gasteiger partial charge in [0.05, 0.1) is 5.69 Å². The lowest BCUT2D eigenvalue weighted by atomic mass is 10.2. The summed E-state index contributed by atoms with van der Waals surface area (Å²) >= 11 is 1.87. The van der Waals surface area contributed by atoms with Gasteiger partial charge in [0, 0.05) is 37.6 Å². The highest BCUT2D eigenvalue weighted by atomic mass is 32.2. The van der Waals surface area contributed by atoms with Gasteiger partial charge in [0.15, 0.2) is 0 Å². The lowest BCUT2D eigenvalue weighted by Gasteiger charge is -2.36. The molecule has 2 nitrogen and oxygen atoms in total. The topological polar surface area (TPSA) is 6.48 Å². The first-order valence-corrected chi connectivity index (χ1v) is 9.18. The van der Waals surface area contributed by atoms with Gasteiger partial charge in [-0.15, -0.1) is 11.8 Å². The Morgan fingerprint density at radius 1 is 0.957 bits per heavy atom. The Bertz CT molecular complexity index is 622. The van der Waals surface area contributed by atoms with Crippen LogP contribution in [-0.4, -0.2) is 36.8 Å². The van der Waals surface area contributed by atoms with Crippen LogP contribution in [0.2, 0.25) is 0 Å². The standard InChI is InChI=1S/C19H23FN2S/c1-2-23-17-9-7-16(8-10-17)15-21-11-13-22(14-12-21)19-6-4-3-5-18(19)20/h3-10H,2,11-15H2,1H3. The van der Waals surface area contributed by atoms with E-state index in [2.05, 4.69) is 41.0 Å². The minimum absolute atomic E-state index is 0.120. The molecule has 0 saturated carbocycles. The van der Waals surface area contributed by atoms with Gasteiger partial charge in [-0.3, -0.25) is 4.90 Å². The summed E-state index contributed by atoms with van der Waals surface area (Å²) in [5.41, 5.74) is 2.08. The summed E-state index contributed by atoms with van der Waals surface area (Å²) in [4.78, 5) is 5.92. The number of para-hydroxylation sites is 1. The zero-order valence-electron chi connectivity index (χ0n) is 13.5. The highest BCUT2D eigenvalue weighted by Crippen LogP contribution is 2.22. The third-order valence-electron chi connectivity index (χ3n) is 4.21. The average molecular weight is 330 g/mol. The zero-order chi connectivity index (χ0) is 16.1. The van der Waals surface area contributed by atoms with Crippen molar-refractivity contribution in [3.8, 4) is 0 Å². The van der Waals surface area contributed by atoms with Crippen LogP contribution in [0.1, 0.15) is 12.5 Å². The molecule has 1 aliphatic rings. The largest absolute Gasteiger partial charge is 0.367 e. The molecule has 2 aromatic rings. The number of hydrogen-bond acceptors (Lipinski definition) is 3. The van der Waals surface area contributed by atoms with Crippen molar-refractivity contribution < 1.29 is 4.39 Å². The molecule has 1 fully saturated rings. The van der Waals surface area contributed by atoms with Crippen molar-refractivity contribution in [2.24, 2.45) is 0 Å². The van der Waals surface area contributed by atoms with Gasteiger partial charge < -0.3 is 4.90 Å². The van der Waals surface area contributed by atoms with Gasteiger partial charge in [0.2, 0.25) is 0 Å². The first kappa shape index (κ1) is 16.3. The number of piperazine rings is 1. The van der Waals surface area contributed by atoms with Crippen molar-refractivity contribution in [3.63, 3.8) is 0 Å². The van der Waals surface area contributed by atoms with Crippen LogP contribution in [0.15, 0.2) is 53.4 Å². The van der Waals surface area contributed by atoms with E-state index in [1.807, 2.05) is 23.9 Å². The van der Waals surface area contributed by atoms with Gasteiger partial charge in [-0.05, 0) is 35.6 Å². The van der Waals surface area contributed by atoms with E-state index in [1.165, 1.54) is 16.5 Å². The monoisotopic (exact) mass is 330 g/mol. The molecule has 23 heavy (non-hydrogen) atoms. The molecule has 0 radical (unpaired) electrons. The number of hydrogen-bond donors (Lipinski definition) is 0. The highest BCUT2D eigenvalue weighted by molar-refractivity contribution is 7.99. The molecule has 1 saturated heterocycles. The number of rotatable bonds is 5. The van der Waals surface area contributed by atoms with Crippen LogP contribution in [0.4, 0.5) is 10.1 Å². The second-order valence-corrected chi connectivity index (χ2v) is 7.13. The summed E-state index contributed by atoms with van der Waals surface area (Å²) < 4.78 is 13.9. The fourth-order valence-electron chi connectivity index (χ4n) is 2.97. The first-order chi connectivity index (χ1) is 11.3. The molecule has 1 heterocycles. The fraction of sp³-hybridized carbons (Fsp3) is 0.368. The van der Waals surface area contributed by atoms with Crippen molar-refractivity contribution in [2.45, 2.75) is 18.4 Å². The maximum Gasteiger partial charge on any atom is 0.146 e. The van der Waals surface area contributed by atoms with E-state index in [-0.39, 0.29) is 5.82 Å². The van der Waals surface area contributed by atoms with Crippen molar-refractivity contribution in [3.05, 3.63) is 59.9 Å². The number of nitrogens with zero attached hydrogens (tertiary/aromatic N) is 2. The van der Waals surface area contributed by atoms with Crippen LogP contribution in [0.5, 0.6) is 0 Å².